The van der Waals surface area contributed by atoms with E-state index in [9.17, 15) is 18.0 Å². The Morgan fingerprint density at radius 1 is 1.19 bits per heavy atom. The van der Waals surface area contributed by atoms with Crippen molar-refractivity contribution in [1.29, 1.82) is 0 Å². The van der Waals surface area contributed by atoms with Gasteiger partial charge in [-0.05, 0) is 58.3 Å². The van der Waals surface area contributed by atoms with Gasteiger partial charge in [0.25, 0.3) is 5.19 Å². The molecule has 12 heteroatoms. The van der Waals surface area contributed by atoms with Crippen LogP contribution >= 0.6 is 22.7 Å². The summed E-state index contributed by atoms with van der Waals surface area (Å²) in [7, 11) is 0. The van der Waals surface area contributed by atoms with E-state index in [1.165, 1.54) is 22.7 Å². The summed E-state index contributed by atoms with van der Waals surface area (Å²) < 4.78 is 58.8. The number of halogens is 4. The summed E-state index contributed by atoms with van der Waals surface area (Å²) in [5, 5.41) is 9.62. The number of aromatic nitrogens is 3. The minimum absolute atomic E-state index is 0.0645. The maximum Gasteiger partial charge on any atom is 0.425 e. The molecule has 0 radical (unpaired) electrons. The molecule has 0 spiro atoms. The number of rotatable bonds is 9. The van der Waals surface area contributed by atoms with Crippen molar-refractivity contribution < 1.29 is 27.1 Å². The summed E-state index contributed by atoms with van der Waals surface area (Å²) in [4.78, 5) is 19.8. The Morgan fingerprint density at radius 2 is 1.92 bits per heavy atom. The molecular formula is C24H32F4N4O2S2. The zero-order valence-corrected chi connectivity index (χ0v) is 22.2. The van der Waals surface area contributed by atoms with Gasteiger partial charge in [-0.2, -0.15) is 13.2 Å². The molecule has 1 aliphatic heterocycles. The molecule has 1 fully saturated rings. The van der Waals surface area contributed by atoms with Crippen molar-refractivity contribution in [3.63, 3.8) is 0 Å². The van der Waals surface area contributed by atoms with Gasteiger partial charge in [0.05, 0.1) is 12.1 Å². The lowest BCUT2D eigenvalue weighted by atomic mass is 9.76. The second-order valence-corrected chi connectivity index (χ2v) is 12.3. The number of nitrogens with zero attached hydrogens (tertiary/aromatic N) is 4. The molecule has 4 rings (SSSR count). The van der Waals surface area contributed by atoms with Crippen LogP contribution in [-0.4, -0.2) is 63.4 Å². The van der Waals surface area contributed by atoms with Crippen molar-refractivity contribution in [3.05, 3.63) is 20.6 Å². The fraction of sp³-hybridized carbons (Fsp3) is 0.750. The highest BCUT2D eigenvalue weighted by atomic mass is 32.1. The van der Waals surface area contributed by atoms with E-state index in [1.807, 2.05) is 6.92 Å². The molecule has 200 valence electrons. The van der Waals surface area contributed by atoms with E-state index in [4.69, 9.17) is 4.74 Å². The van der Waals surface area contributed by atoms with Crippen LogP contribution in [0.5, 0.6) is 5.19 Å². The second kappa shape index (κ2) is 11.4. The molecule has 36 heavy (non-hydrogen) atoms. The molecule has 2 aromatic heterocycles. The fourth-order valence-corrected chi connectivity index (χ4v) is 6.61. The first-order chi connectivity index (χ1) is 17.0. The van der Waals surface area contributed by atoms with E-state index in [0.717, 1.165) is 46.9 Å². The van der Waals surface area contributed by atoms with Crippen LogP contribution in [-0.2, 0) is 24.1 Å². The normalized spacial score (nSPS) is 24.2. The number of aryl methyl sites for hydroxylation is 1. The van der Waals surface area contributed by atoms with Crippen molar-refractivity contribution in [3.8, 4) is 5.19 Å². The van der Waals surface area contributed by atoms with Crippen LogP contribution in [0.4, 0.5) is 17.6 Å². The van der Waals surface area contributed by atoms with Gasteiger partial charge in [-0.15, -0.1) is 21.5 Å². The predicted molar refractivity (Wildman–Crippen MR) is 130 cm³/mol. The lowest BCUT2D eigenvalue weighted by Crippen LogP contribution is -2.36. The number of alkyl halides is 4. The number of fused-ring (bicyclic) bond motifs is 1. The topological polar surface area (TPSA) is 68.2 Å². The third-order valence-electron chi connectivity index (χ3n) is 7.13. The fourth-order valence-electron chi connectivity index (χ4n) is 4.86. The van der Waals surface area contributed by atoms with E-state index in [2.05, 4.69) is 20.1 Å². The molecule has 0 bridgehead atoms. The Balaban J connectivity index is 1.18. The van der Waals surface area contributed by atoms with Crippen LogP contribution in [0.3, 0.4) is 0 Å². The summed E-state index contributed by atoms with van der Waals surface area (Å²) in [6, 6.07) is 0. The molecule has 2 aliphatic rings. The predicted octanol–water partition coefficient (Wildman–Crippen LogP) is 5.52. The number of carbonyl (C=O) groups excluding carboxylic acids is 1. The van der Waals surface area contributed by atoms with E-state index < -0.39 is 17.9 Å². The number of Topliss-reactive ketones (excluding diaryl/α,β-unsaturated/α-hetero) is 1. The van der Waals surface area contributed by atoms with Gasteiger partial charge in [-0.3, -0.25) is 4.79 Å². The van der Waals surface area contributed by atoms with Crippen molar-refractivity contribution >= 4 is 28.5 Å². The zero-order chi connectivity index (χ0) is 25.9. The largest absolute Gasteiger partial charge is 0.457 e. The average Bonchev–Trinajstić information content (AvgIpc) is 3.34. The van der Waals surface area contributed by atoms with Crippen LogP contribution in [0.1, 0.15) is 66.0 Å². The number of hydrogen-bond donors (Lipinski definition) is 0. The quantitative estimate of drug-likeness (QED) is 0.384. The third kappa shape index (κ3) is 7.44. The molecule has 1 atom stereocenters. The highest BCUT2D eigenvalue weighted by Crippen LogP contribution is 2.39. The summed E-state index contributed by atoms with van der Waals surface area (Å²) in [6.45, 7) is 4.90. The van der Waals surface area contributed by atoms with Crippen molar-refractivity contribution in [1.82, 2.24) is 20.1 Å². The summed E-state index contributed by atoms with van der Waals surface area (Å²) in [5.41, 5.74) is -0.421. The van der Waals surface area contributed by atoms with E-state index in [0.29, 0.717) is 58.0 Å². The minimum atomic E-state index is -4.42. The molecule has 0 saturated heterocycles. The second-order valence-electron chi connectivity index (χ2n) is 9.97. The highest BCUT2D eigenvalue weighted by Gasteiger charge is 2.39. The number of ether oxygens (including phenoxy) is 1. The molecular weight excluding hydrogens is 516 g/mol. The first-order valence-electron chi connectivity index (χ1n) is 12.4. The SMILES string of the molecule is Cc1nnc(CC(=O)CC2CCC(F)(CCN3CCc4nc(OC(C)C(F)(F)F)sc4CC3)CC2)s1. The van der Waals surface area contributed by atoms with Crippen LogP contribution in [0.2, 0.25) is 0 Å². The van der Waals surface area contributed by atoms with Gasteiger partial charge in [0.1, 0.15) is 21.5 Å². The van der Waals surface area contributed by atoms with Gasteiger partial charge < -0.3 is 9.64 Å². The number of ketones is 1. The standard InChI is InChI=1S/C24H32F4N4O2S2/c1-15(24(26,27)28)34-22-29-19-5-10-32(11-6-20(19)36-22)12-9-23(25)7-3-17(4-8-23)13-18(33)14-21-31-30-16(2)35-21/h15,17H,3-14H2,1-2H3. The van der Waals surface area contributed by atoms with Crippen molar-refractivity contribution in [2.75, 3.05) is 19.6 Å². The lowest BCUT2D eigenvalue weighted by Gasteiger charge is -2.35. The molecule has 0 amide bonds. The summed E-state index contributed by atoms with van der Waals surface area (Å²) in [5.74, 6) is 0.377. The molecule has 1 unspecified atom stereocenters. The number of hydrogen-bond acceptors (Lipinski definition) is 8. The first-order valence-corrected chi connectivity index (χ1v) is 14.1. The van der Waals surface area contributed by atoms with Crippen molar-refractivity contribution in [2.24, 2.45) is 5.92 Å². The number of thiazole rings is 1. The lowest BCUT2D eigenvalue weighted by molar-refractivity contribution is -0.189. The summed E-state index contributed by atoms with van der Waals surface area (Å²) in [6.07, 6.45) is -1.38. The molecule has 0 aromatic carbocycles. The van der Waals surface area contributed by atoms with Gasteiger partial charge in [-0.1, -0.05) is 11.3 Å². The Kier molecular flexibility index (Phi) is 8.66. The molecule has 6 nitrogen and oxygen atoms in total. The van der Waals surface area contributed by atoms with Gasteiger partial charge in [0, 0.05) is 37.4 Å². The molecule has 3 heterocycles. The van der Waals surface area contributed by atoms with Crippen LogP contribution in [0.25, 0.3) is 0 Å². The molecule has 1 saturated carbocycles. The Bertz CT molecular complexity index is 1010. The highest BCUT2D eigenvalue weighted by molar-refractivity contribution is 7.13. The summed E-state index contributed by atoms with van der Waals surface area (Å²) >= 11 is 2.62. The van der Waals surface area contributed by atoms with Gasteiger partial charge in [0.15, 0.2) is 6.10 Å². The Labute approximate surface area is 216 Å². The van der Waals surface area contributed by atoms with Gasteiger partial charge in [-0.25, -0.2) is 9.37 Å². The minimum Gasteiger partial charge on any atom is -0.457 e. The van der Waals surface area contributed by atoms with E-state index in [-0.39, 0.29) is 16.9 Å². The molecule has 2 aromatic rings. The maximum atomic E-state index is 15.5. The van der Waals surface area contributed by atoms with Crippen LogP contribution in [0, 0.1) is 12.8 Å². The smallest absolute Gasteiger partial charge is 0.425 e. The number of carbonyl (C=O) groups is 1. The Hall–Kier alpha value is -1.66. The molecule has 1 aliphatic carbocycles. The van der Waals surface area contributed by atoms with Crippen LogP contribution in [0.15, 0.2) is 0 Å². The maximum absolute atomic E-state index is 15.5. The van der Waals surface area contributed by atoms with Crippen molar-refractivity contribution in [2.45, 2.75) is 89.6 Å². The van der Waals surface area contributed by atoms with E-state index >= 15 is 4.39 Å². The van der Waals surface area contributed by atoms with E-state index in [1.54, 1.807) is 0 Å². The zero-order valence-electron chi connectivity index (χ0n) is 20.6. The monoisotopic (exact) mass is 548 g/mol. The van der Waals surface area contributed by atoms with Crippen LogP contribution < -0.4 is 4.74 Å². The first kappa shape index (κ1) is 27.4. The van der Waals surface area contributed by atoms with Gasteiger partial charge >= 0.3 is 6.18 Å². The van der Waals surface area contributed by atoms with Gasteiger partial charge in [0.2, 0.25) is 0 Å². The third-order valence-corrected chi connectivity index (χ3v) is 9.01. The molecule has 0 N–H and O–H groups in total. The average molecular weight is 549 g/mol. The Morgan fingerprint density at radius 3 is 2.58 bits per heavy atom.